The van der Waals surface area contributed by atoms with E-state index in [2.05, 4.69) is 34.7 Å². The lowest BCUT2D eigenvalue weighted by Gasteiger charge is -2.37. The Morgan fingerprint density at radius 1 is 1.32 bits per heavy atom. The third-order valence-electron chi connectivity index (χ3n) is 4.29. The molecule has 0 radical (unpaired) electrons. The van der Waals surface area contributed by atoms with Crippen LogP contribution in [0, 0.1) is 11.7 Å². The lowest BCUT2D eigenvalue weighted by atomic mass is 9.90. The van der Waals surface area contributed by atoms with Gasteiger partial charge in [0.25, 0.3) is 0 Å². The molecule has 0 aromatic heterocycles. The van der Waals surface area contributed by atoms with Gasteiger partial charge in [0, 0.05) is 12.1 Å². The van der Waals surface area contributed by atoms with E-state index in [0.29, 0.717) is 16.4 Å². The fraction of sp³-hybridized carbons (Fsp3) is 0.600. The number of hydrogen-bond acceptors (Lipinski definition) is 2. The second-order valence-electron chi connectivity index (χ2n) is 5.58. The quantitative estimate of drug-likeness (QED) is 0.916. The predicted octanol–water partition coefficient (Wildman–Crippen LogP) is 3.71. The largest absolute Gasteiger partial charge is 0.328 e. The smallest absolute Gasteiger partial charge is 0.137 e. The van der Waals surface area contributed by atoms with Crippen molar-refractivity contribution in [3.05, 3.63) is 34.1 Å². The van der Waals surface area contributed by atoms with Gasteiger partial charge in [0.05, 0.1) is 4.47 Å². The summed E-state index contributed by atoms with van der Waals surface area (Å²) < 4.78 is 13.8. The average molecular weight is 329 g/mol. The molecule has 0 saturated carbocycles. The van der Waals surface area contributed by atoms with Crippen LogP contribution in [0.15, 0.2) is 22.7 Å². The molecule has 0 bridgehead atoms. The summed E-state index contributed by atoms with van der Waals surface area (Å²) in [6, 6.07) is 5.91. The van der Waals surface area contributed by atoms with Gasteiger partial charge in [-0.1, -0.05) is 6.07 Å². The van der Waals surface area contributed by atoms with E-state index in [1.165, 1.54) is 6.07 Å². The van der Waals surface area contributed by atoms with Crippen molar-refractivity contribution in [2.45, 2.75) is 38.8 Å². The van der Waals surface area contributed by atoms with E-state index in [0.717, 1.165) is 31.5 Å². The third-order valence-corrected chi connectivity index (χ3v) is 4.90. The van der Waals surface area contributed by atoms with Crippen LogP contribution in [0.2, 0.25) is 0 Å². The minimum atomic E-state index is -0.202. The van der Waals surface area contributed by atoms with E-state index in [1.54, 1.807) is 0 Å². The maximum Gasteiger partial charge on any atom is 0.137 e. The molecule has 2 atom stereocenters. The molecule has 4 heteroatoms. The van der Waals surface area contributed by atoms with E-state index < -0.39 is 0 Å². The monoisotopic (exact) mass is 328 g/mol. The van der Waals surface area contributed by atoms with Gasteiger partial charge in [-0.15, -0.1) is 0 Å². The molecule has 1 heterocycles. The van der Waals surface area contributed by atoms with Gasteiger partial charge in [-0.3, -0.25) is 4.90 Å². The molecule has 0 aliphatic carbocycles. The lowest BCUT2D eigenvalue weighted by molar-refractivity contribution is 0.132. The first-order valence-electron chi connectivity index (χ1n) is 6.93. The lowest BCUT2D eigenvalue weighted by Crippen LogP contribution is -2.40. The Morgan fingerprint density at radius 2 is 1.95 bits per heavy atom. The minimum Gasteiger partial charge on any atom is -0.328 e. The van der Waals surface area contributed by atoms with Crippen LogP contribution in [-0.2, 0) is 0 Å². The molecule has 1 aromatic rings. The number of likely N-dealkylation sites (tertiary alicyclic amines) is 1. The van der Waals surface area contributed by atoms with Crippen LogP contribution >= 0.6 is 15.9 Å². The molecule has 2 nitrogen and oxygen atoms in total. The maximum absolute atomic E-state index is 13.3. The first kappa shape index (κ1) is 14.9. The Balaban J connectivity index is 2.01. The van der Waals surface area contributed by atoms with Crippen molar-refractivity contribution in [3.63, 3.8) is 0 Å². The van der Waals surface area contributed by atoms with Crippen molar-refractivity contribution in [2.24, 2.45) is 11.7 Å². The molecule has 2 N–H and O–H groups in total. The molecule has 1 aliphatic heterocycles. The number of nitrogens with zero attached hydrogens (tertiary/aromatic N) is 1. The van der Waals surface area contributed by atoms with Crippen LogP contribution < -0.4 is 5.73 Å². The SMILES string of the molecule is CC(N)C1CCN(C(C)c2ccc(F)c(Br)c2)CC1. The molecule has 2 unspecified atom stereocenters. The number of benzene rings is 1. The third kappa shape index (κ3) is 3.56. The van der Waals surface area contributed by atoms with Gasteiger partial charge in [-0.2, -0.15) is 0 Å². The summed E-state index contributed by atoms with van der Waals surface area (Å²) in [6.45, 7) is 6.43. The molecule has 106 valence electrons. The Labute approximate surface area is 123 Å². The normalized spacial score (nSPS) is 21.3. The second kappa shape index (κ2) is 6.33. The number of rotatable bonds is 3. The zero-order chi connectivity index (χ0) is 14.0. The van der Waals surface area contributed by atoms with Crippen molar-refractivity contribution >= 4 is 15.9 Å². The van der Waals surface area contributed by atoms with Crippen LogP contribution in [-0.4, -0.2) is 24.0 Å². The van der Waals surface area contributed by atoms with Gasteiger partial charge in [0.2, 0.25) is 0 Å². The van der Waals surface area contributed by atoms with Gasteiger partial charge < -0.3 is 5.73 Å². The molecule has 19 heavy (non-hydrogen) atoms. The van der Waals surface area contributed by atoms with Crippen LogP contribution in [0.5, 0.6) is 0 Å². The Kier molecular flexibility index (Phi) is 4.98. The average Bonchev–Trinajstić information content (AvgIpc) is 2.41. The maximum atomic E-state index is 13.3. The number of nitrogens with two attached hydrogens (primary N) is 1. The second-order valence-corrected chi connectivity index (χ2v) is 6.44. The highest BCUT2D eigenvalue weighted by Gasteiger charge is 2.25. The molecule has 1 fully saturated rings. The zero-order valence-corrected chi connectivity index (χ0v) is 13.2. The fourth-order valence-electron chi connectivity index (χ4n) is 2.82. The molecule has 2 rings (SSSR count). The highest BCUT2D eigenvalue weighted by molar-refractivity contribution is 9.10. The van der Waals surface area contributed by atoms with E-state index in [-0.39, 0.29) is 11.9 Å². The Morgan fingerprint density at radius 3 is 2.47 bits per heavy atom. The van der Waals surface area contributed by atoms with Gasteiger partial charge in [0.15, 0.2) is 0 Å². The van der Waals surface area contributed by atoms with Crippen molar-refractivity contribution in [3.8, 4) is 0 Å². The van der Waals surface area contributed by atoms with Crippen LogP contribution in [0.4, 0.5) is 4.39 Å². The van der Waals surface area contributed by atoms with E-state index in [1.807, 2.05) is 12.1 Å². The van der Waals surface area contributed by atoms with Crippen LogP contribution in [0.25, 0.3) is 0 Å². The number of hydrogen-bond donors (Lipinski definition) is 1. The van der Waals surface area contributed by atoms with Gasteiger partial charge in [-0.25, -0.2) is 4.39 Å². The summed E-state index contributed by atoms with van der Waals surface area (Å²) in [7, 11) is 0. The summed E-state index contributed by atoms with van der Waals surface area (Å²) in [5.74, 6) is 0.440. The van der Waals surface area contributed by atoms with Crippen molar-refractivity contribution < 1.29 is 4.39 Å². The fourth-order valence-corrected chi connectivity index (χ4v) is 3.21. The first-order chi connectivity index (χ1) is 8.99. The summed E-state index contributed by atoms with van der Waals surface area (Å²) in [4.78, 5) is 2.46. The molecule has 1 aromatic carbocycles. The topological polar surface area (TPSA) is 29.3 Å². The number of halogens is 2. The zero-order valence-electron chi connectivity index (χ0n) is 11.6. The van der Waals surface area contributed by atoms with Gasteiger partial charge >= 0.3 is 0 Å². The summed E-state index contributed by atoms with van der Waals surface area (Å²) in [5.41, 5.74) is 7.13. The standard InChI is InChI=1S/C15H22BrFN2/c1-10(18)12-5-7-19(8-6-12)11(2)13-3-4-15(17)14(16)9-13/h3-4,9-12H,5-8,18H2,1-2H3. The Bertz CT molecular complexity index is 428. The van der Waals surface area contributed by atoms with Crippen molar-refractivity contribution in [1.29, 1.82) is 0 Å². The van der Waals surface area contributed by atoms with Crippen LogP contribution in [0.1, 0.15) is 38.3 Å². The van der Waals surface area contributed by atoms with Gasteiger partial charge in [-0.05, 0) is 79.3 Å². The molecular weight excluding hydrogens is 307 g/mol. The molecule has 0 spiro atoms. The summed E-state index contributed by atoms with van der Waals surface area (Å²) in [5, 5.41) is 0. The minimum absolute atomic E-state index is 0.202. The first-order valence-corrected chi connectivity index (χ1v) is 7.73. The van der Waals surface area contributed by atoms with Crippen molar-refractivity contribution in [2.75, 3.05) is 13.1 Å². The Hall–Kier alpha value is -0.450. The van der Waals surface area contributed by atoms with E-state index in [9.17, 15) is 4.39 Å². The molecule has 0 amide bonds. The van der Waals surface area contributed by atoms with Gasteiger partial charge in [0.1, 0.15) is 5.82 Å². The highest BCUT2D eigenvalue weighted by Crippen LogP contribution is 2.29. The molecular formula is C15H22BrFN2. The molecule has 1 aliphatic rings. The van der Waals surface area contributed by atoms with Crippen LogP contribution in [0.3, 0.4) is 0 Å². The van der Waals surface area contributed by atoms with E-state index >= 15 is 0 Å². The highest BCUT2D eigenvalue weighted by atomic mass is 79.9. The number of piperidine rings is 1. The van der Waals surface area contributed by atoms with Crippen molar-refractivity contribution in [1.82, 2.24) is 4.90 Å². The summed E-state index contributed by atoms with van der Waals surface area (Å²) >= 11 is 3.26. The summed E-state index contributed by atoms with van der Waals surface area (Å²) in [6.07, 6.45) is 2.31. The van der Waals surface area contributed by atoms with E-state index in [4.69, 9.17) is 5.73 Å². The predicted molar refractivity (Wildman–Crippen MR) is 80.5 cm³/mol. The molecule has 1 saturated heterocycles.